The molecule has 1 saturated heterocycles. The zero-order valence-electron chi connectivity index (χ0n) is 20.5. The number of rotatable bonds is 7. The van der Waals surface area contributed by atoms with Crippen molar-refractivity contribution in [3.05, 3.63) is 95.9 Å². The molecule has 0 saturated carbocycles. The number of nitrogens with one attached hydrogen (secondary N) is 1. The number of nitrogens with two attached hydrogens (primary N) is 1. The van der Waals surface area contributed by atoms with Gasteiger partial charge >= 0.3 is 0 Å². The number of hydrogen-bond acceptors (Lipinski definition) is 6. The van der Waals surface area contributed by atoms with E-state index in [1.165, 1.54) is 0 Å². The minimum atomic E-state index is -0.310. The Hall–Kier alpha value is -4.66. The molecule has 4 aromatic rings. The minimum Gasteiger partial charge on any atom is -0.489 e. The molecule has 0 bridgehead atoms. The largest absolute Gasteiger partial charge is 0.489 e. The average Bonchev–Trinajstić information content (AvgIpc) is 3.57. The Morgan fingerprint density at radius 2 is 1.86 bits per heavy atom. The normalized spacial score (nSPS) is 14.9. The molecular weight excluding hydrogens is 468 g/mol. The summed E-state index contributed by atoms with van der Waals surface area (Å²) >= 11 is 0. The number of nitrogens with zero attached hydrogens (tertiary/aromatic N) is 4. The molecule has 2 aromatic heterocycles. The van der Waals surface area contributed by atoms with Crippen molar-refractivity contribution in [1.82, 2.24) is 25.0 Å². The van der Waals surface area contributed by atoms with Gasteiger partial charge in [-0.3, -0.25) is 14.3 Å². The molecule has 3 heterocycles. The lowest BCUT2D eigenvalue weighted by Crippen LogP contribution is -2.38. The van der Waals surface area contributed by atoms with Crippen LogP contribution in [0.5, 0.6) is 5.75 Å². The third-order valence-corrected chi connectivity index (χ3v) is 6.36. The second-order valence-electron chi connectivity index (χ2n) is 9.07. The molecule has 1 aliphatic heterocycles. The average molecular weight is 497 g/mol. The molecular formula is C28H28N6O3. The Labute approximate surface area is 214 Å². The molecule has 2 aromatic carbocycles. The second kappa shape index (κ2) is 10.5. The van der Waals surface area contributed by atoms with Crippen LogP contribution in [0.2, 0.25) is 0 Å². The zero-order chi connectivity index (χ0) is 25.8. The monoisotopic (exact) mass is 496 g/mol. The Morgan fingerprint density at radius 1 is 1.08 bits per heavy atom. The van der Waals surface area contributed by atoms with E-state index in [2.05, 4.69) is 15.4 Å². The van der Waals surface area contributed by atoms with Gasteiger partial charge in [0, 0.05) is 55.3 Å². The second-order valence-corrected chi connectivity index (χ2v) is 9.07. The fourth-order valence-electron chi connectivity index (χ4n) is 4.33. The molecule has 1 aliphatic rings. The van der Waals surface area contributed by atoms with Gasteiger partial charge in [-0.05, 0) is 42.3 Å². The molecule has 9 nitrogen and oxygen atoms in total. The first-order chi connectivity index (χ1) is 18.0. The molecule has 37 heavy (non-hydrogen) atoms. The number of pyridine rings is 1. The minimum absolute atomic E-state index is 0.0777. The number of anilines is 1. The van der Waals surface area contributed by atoms with Crippen molar-refractivity contribution in [1.29, 1.82) is 0 Å². The van der Waals surface area contributed by atoms with Crippen molar-refractivity contribution in [2.45, 2.75) is 19.1 Å². The summed E-state index contributed by atoms with van der Waals surface area (Å²) in [4.78, 5) is 32.0. The molecule has 188 valence electrons. The predicted octanol–water partition coefficient (Wildman–Crippen LogP) is 3.29. The van der Waals surface area contributed by atoms with Crippen molar-refractivity contribution < 1.29 is 14.3 Å². The Bertz CT molecular complexity index is 1400. The van der Waals surface area contributed by atoms with Crippen LogP contribution in [-0.2, 0) is 13.7 Å². The third-order valence-electron chi connectivity index (χ3n) is 6.36. The molecule has 5 rings (SSSR count). The summed E-state index contributed by atoms with van der Waals surface area (Å²) in [5.74, 6) is 0.471. The summed E-state index contributed by atoms with van der Waals surface area (Å²) in [5, 5.41) is 7.17. The fourth-order valence-corrected chi connectivity index (χ4v) is 4.33. The van der Waals surface area contributed by atoms with Crippen molar-refractivity contribution >= 4 is 17.6 Å². The zero-order valence-corrected chi connectivity index (χ0v) is 20.5. The molecule has 9 heteroatoms. The summed E-state index contributed by atoms with van der Waals surface area (Å²) in [6.07, 6.45) is 5.83. The van der Waals surface area contributed by atoms with Crippen LogP contribution in [0.15, 0.2) is 79.3 Å². The number of aryl methyl sites for hydroxylation is 1. The lowest BCUT2D eigenvalue weighted by molar-refractivity contribution is 0.0783. The number of likely N-dealkylation sites (tertiary alicyclic amines) is 1. The number of benzene rings is 2. The van der Waals surface area contributed by atoms with Gasteiger partial charge in [-0.25, -0.2) is 4.98 Å². The van der Waals surface area contributed by atoms with E-state index < -0.39 is 0 Å². The van der Waals surface area contributed by atoms with Gasteiger partial charge in [0.25, 0.3) is 11.8 Å². The first kappa shape index (κ1) is 24.1. The van der Waals surface area contributed by atoms with Crippen LogP contribution >= 0.6 is 0 Å². The number of carbonyl (C=O) groups excluding carboxylic acids is 2. The number of nitrogen functional groups attached to an aromatic ring is 1. The van der Waals surface area contributed by atoms with Gasteiger partial charge < -0.3 is 20.7 Å². The van der Waals surface area contributed by atoms with Gasteiger partial charge in [-0.2, -0.15) is 5.10 Å². The highest BCUT2D eigenvalue weighted by Gasteiger charge is 2.29. The Balaban J connectivity index is 1.17. The van der Waals surface area contributed by atoms with Gasteiger partial charge in [0.1, 0.15) is 18.2 Å². The predicted molar refractivity (Wildman–Crippen MR) is 140 cm³/mol. The standard InChI is InChI=1S/C28H28N6O3/c1-33-16-22(15-31-33)21-13-25(26(29)30-14-21)27(35)32-23-11-12-34(17-23)28(36)20-7-9-24(10-8-20)37-18-19-5-3-2-4-6-19/h2-10,13-16,23H,11-12,17-18H2,1H3,(H2,29,30)(H,32,35)/t23-/m1/s1. The van der Waals surface area contributed by atoms with E-state index in [1.807, 2.05) is 43.6 Å². The van der Waals surface area contributed by atoms with E-state index in [4.69, 9.17) is 10.5 Å². The highest BCUT2D eigenvalue weighted by Crippen LogP contribution is 2.22. The smallest absolute Gasteiger partial charge is 0.255 e. The van der Waals surface area contributed by atoms with Crippen LogP contribution in [-0.4, -0.2) is 50.6 Å². The molecule has 0 spiro atoms. The van der Waals surface area contributed by atoms with Gasteiger partial charge in [0.05, 0.1) is 11.8 Å². The SMILES string of the molecule is Cn1cc(-c2cnc(N)c(C(=O)N[C@@H]3CCN(C(=O)c4ccc(OCc5ccccc5)cc4)C3)c2)cn1. The van der Waals surface area contributed by atoms with Gasteiger partial charge in [0.2, 0.25) is 0 Å². The molecule has 0 aliphatic carbocycles. The van der Waals surface area contributed by atoms with Crippen molar-refractivity contribution in [2.24, 2.45) is 7.05 Å². The number of aromatic nitrogens is 3. The topological polar surface area (TPSA) is 115 Å². The molecule has 1 atom stereocenters. The lowest BCUT2D eigenvalue weighted by atomic mass is 10.1. The first-order valence-electron chi connectivity index (χ1n) is 12.1. The van der Waals surface area contributed by atoms with Crippen molar-refractivity contribution in [3.63, 3.8) is 0 Å². The summed E-state index contributed by atoms with van der Waals surface area (Å²) < 4.78 is 7.49. The van der Waals surface area contributed by atoms with Crippen LogP contribution in [0.3, 0.4) is 0 Å². The maximum Gasteiger partial charge on any atom is 0.255 e. The van der Waals surface area contributed by atoms with Gasteiger partial charge in [0.15, 0.2) is 0 Å². The number of amides is 2. The summed E-state index contributed by atoms with van der Waals surface area (Å²) in [6.45, 7) is 1.44. The molecule has 0 radical (unpaired) electrons. The first-order valence-corrected chi connectivity index (χ1v) is 12.1. The summed E-state index contributed by atoms with van der Waals surface area (Å²) in [7, 11) is 1.82. The highest BCUT2D eigenvalue weighted by molar-refractivity contribution is 6.00. The van der Waals surface area contributed by atoms with Crippen LogP contribution in [0.4, 0.5) is 5.82 Å². The van der Waals surface area contributed by atoms with E-state index in [1.54, 1.807) is 52.3 Å². The van der Waals surface area contributed by atoms with E-state index in [-0.39, 0.29) is 23.7 Å². The Kier molecular flexibility index (Phi) is 6.85. The van der Waals surface area contributed by atoms with Crippen molar-refractivity contribution in [2.75, 3.05) is 18.8 Å². The number of hydrogen-bond donors (Lipinski definition) is 2. The maximum absolute atomic E-state index is 13.0. The number of carbonyl (C=O) groups is 2. The van der Waals surface area contributed by atoms with Crippen LogP contribution in [0.1, 0.15) is 32.7 Å². The van der Waals surface area contributed by atoms with Crippen LogP contribution in [0, 0.1) is 0 Å². The molecule has 1 fully saturated rings. The summed E-state index contributed by atoms with van der Waals surface area (Å²) in [6, 6.07) is 18.6. The number of ether oxygens (including phenoxy) is 1. The highest BCUT2D eigenvalue weighted by atomic mass is 16.5. The van der Waals surface area contributed by atoms with E-state index in [0.717, 1.165) is 16.7 Å². The third kappa shape index (κ3) is 5.61. The van der Waals surface area contributed by atoms with Crippen molar-refractivity contribution in [3.8, 4) is 16.9 Å². The quantitative estimate of drug-likeness (QED) is 0.406. The van der Waals surface area contributed by atoms with Crippen LogP contribution in [0.25, 0.3) is 11.1 Å². The van der Waals surface area contributed by atoms with Gasteiger partial charge in [-0.1, -0.05) is 30.3 Å². The fraction of sp³-hybridized carbons (Fsp3) is 0.214. The molecule has 2 amide bonds. The lowest BCUT2D eigenvalue weighted by Gasteiger charge is -2.18. The summed E-state index contributed by atoms with van der Waals surface area (Å²) in [5.41, 5.74) is 9.56. The van der Waals surface area contributed by atoms with Gasteiger partial charge in [-0.15, -0.1) is 0 Å². The molecule has 0 unspecified atom stereocenters. The maximum atomic E-state index is 13.0. The van der Waals surface area contributed by atoms with Crippen LogP contribution < -0.4 is 15.8 Å². The molecule has 3 N–H and O–H groups in total. The van der Waals surface area contributed by atoms with E-state index >= 15 is 0 Å². The van der Waals surface area contributed by atoms with E-state index in [9.17, 15) is 9.59 Å². The van der Waals surface area contributed by atoms with E-state index in [0.29, 0.717) is 43.0 Å². The Morgan fingerprint density at radius 3 is 2.59 bits per heavy atom.